The van der Waals surface area contributed by atoms with Gasteiger partial charge in [0, 0.05) is 0 Å². The largest absolute Gasteiger partial charge is 0.276 e. The molecule has 8 heteroatoms. The lowest BCUT2D eigenvalue weighted by Crippen LogP contribution is -1.87. The van der Waals surface area contributed by atoms with Gasteiger partial charge in [-0.25, -0.2) is 0 Å². The van der Waals surface area contributed by atoms with Gasteiger partial charge in [0.05, 0.1) is 0 Å². The van der Waals surface area contributed by atoms with E-state index >= 15 is 0 Å². The Balaban J connectivity index is 2.80. The average molecular weight is 288 g/mol. The first-order valence-electron chi connectivity index (χ1n) is 3.95. The molecular weight excluding hydrogens is 288 g/mol. The highest BCUT2D eigenvalue weighted by molar-refractivity contribution is 7.39. The summed E-state index contributed by atoms with van der Waals surface area (Å²) in [4.78, 5) is 45.7. The number of rotatable bonds is 0. The maximum atomic E-state index is 11.4. The second-order valence-corrected chi connectivity index (χ2v) is 6.81. The Bertz CT molecular complexity index is 778. The van der Waals surface area contributed by atoms with Gasteiger partial charge in [-0.1, -0.05) is 0 Å². The molecular formula is C8O4S4. The summed E-state index contributed by atoms with van der Waals surface area (Å²) in [5, 5.41) is 0. The highest BCUT2D eigenvalue weighted by atomic mass is 32.1. The molecule has 0 bridgehead atoms. The second kappa shape index (κ2) is 3.27. The van der Waals surface area contributed by atoms with Crippen molar-refractivity contribution in [2.75, 3.05) is 0 Å². The number of hydrogen-bond acceptors (Lipinski definition) is 8. The van der Waals surface area contributed by atoms with Gasteiger partial charge in [-0.3, -0.25) is 19.2 Å². The maximum absolute atomic E-state index is 11.4. The van der Waals surface area contributed by atoms with Crippen molar-refractivity contribution >= 4 is 64.1 Å². The number of fused-ring (bicyclic) bond motifs is 2. The predicted octanol–water partition coefficient (Wildman–Crippen LogP) is 1.12. The highest BCUT2D eigenvalue weighted by Crippen LogP contribution is 2.27. The van der Waals surface area contributed by atoms with Crippen LogP contribution in [0.2, 0.25) is 0 Å². The Kier molecular flexibility index (Phi) is 2.08. The minimum absolute atomic E-state index is 0.294. The molecule has 4 nitrogen and oxygen atoms in total. The summed E-state index contributed by atoms with van der Waals surface area (Å²) in [6.45, 7) is 0. The van der Waals surface area contributed by atoms with E-state index in [1.807, 2.05) is 0 Å². The first kappa shape index (κ1) is 10.2. The van der Waals surface area contributed by atoms with Crippen LogP contribution < -0.4 is 19.0 Å². The van der Waals surface area contributed by atoms with E-state index in [4.69, 9.17) is 0 Å². The van der Waals surface area contributed by atoms with Crippen molar-refractivity contribution in [3.8, 4) is 0 Å². The Hall–Kier alpha value is -0.960. The third-order valence-electron chi connectivity index (χ3n) is 1.93. The van der Waals surface area contributed by atoms with Gasteiger partial charge in [0.2, 0.25) is 0 Å². The Labute approximate surface area is 102 Å². The Morgan fingerprint density at radius 3 is 0.938 bits per heavy atom. The van der Waals surface area contributed by atoms with Gasteiger partial charge in [-0.15, -0.1) is 22.7 Å². The molecule has 3 aromatic heterocycles. The zero-order valence-corrected chi connectivity index (χ0v) is 10.5. The lowest BCUT2D eigenvalue weighted by atomic mass is 10.6. The zero-order valence-electron chi connectivity index (χ0n) is 7.27. The third-order valence-corrected chi connectivity index (χ3v) is 6.64. The minimum Gasteiger partial charge on any atom is -0.276 e. The molecule has 0 aliphatic heterocycles. The molecule has 0 aliphatic carbocycles. The molecule has 0 N–H and O–H groups in total. The lowest BCUT2D eigenvalue weighted by Gasteiger charge is -1.85. The smallest absolute Gasteiger partial charge is 0.254 e. The van der Waals surface area contributed by atoms with E-state index in [0.29, 0.717) is 41.5 Å². The quantitative estimate of drug-likeness (QED) is 0.621. The van der Waals surface area contributed by atoms with Gasteiger partial charge in [0.25, 0.3) is 19.0 Å². The highest BCUT2D eigenvalue weighted by Gasteiger charge is 2.15. The fraction of sp³-hybridized carbons (Fsp3) is 0. The normalized spacial score (nSPS) is 11.5. The summed E-state index contributed by atoms with van der Waals surface area (Å²) in [6.07, 6.45) is 0. The average Bonchev–Trinajstić information content (AvgIpc) is 2.67. The van der Waals surface area contributed by atoms with E-state index in [0.717, 1.165) is 22.7 Å². The van der Waals surface area contributed by atoms with Crippen molar-refractivity contribution in [1.29, 1.82) is 0 Å². The molecule has 0 spiro atoms. The van der Waals surface area contributed by atoms with Gasteiger partial charge in [-0.2, -0.15) is 0 Å². The first-order chi connectivity index (χ1) is 7.58. The third kappa shape index (κ3) is 1.24. The van der Waals surface area contributed by atoms with Crippen LogP contribution in [0.5, 0.6) is 0 Å². The molecule has 0 saturated carbocycles. The van der Waals surface area contributed by atoms with E-state index in [1.165, 1.54) is 0 Å². The Morgan fingerprint density at radius 2 is 0.688 bits per heavy atom. The molecule has 0 aliphatic rings. The van der Waals surface area contributed by atoms with Crippen molar-refractivity contribution in [3.05, 3.63) is 38.1 Å². The molecule has 0 atom stereocenters. The standard InChI is InChI=1S/C8O4S4/c9-5-1-2(6(10)15-5)14-4-3(13-1)7(11)16-8(4)12. The van der Waals surface area contributed by atoms with E-state index < -0.39 is 0 Å². The van der Waals surface area contributed by atoms with E-state index in [2.05, 4.69) is 0 Å². The first-order valence-corrected chi connectivity index (χ1v) is 7.22. The van der Waals surface area contributed by atoms with Crippen molar-refractivity contribution in [2.24, 2.45) is 0 Å². The van der Waals surface area contributed by atoms with E-state index in [1.54, 1.807) is 0 Å². The molecule has 0 unspecified atom stereocenters. The van der Waals surface area contributed by atoms with Crippen LogP contribution in [0.1, 0.15) is 0 Å². The van der Waals surface area contributed by atoms with Crippen LogP contribution in [0, 0.1) is 0 Å². The van der Waals surface area contributed by atoms with Gasteiger partial charge in [0.1, 0.15) is 18.8 Å². The van der Waals surface area contributed by atoms with Crippen molar-refractivity contribution < 1.29 is 0 Å². The van der Waals surface area contributed by atoms with E-state index in [-0.39, 0.29) is 19.0 Å². The summed E-state index contributed by atoms with van der Waals surface area (Å²) in [6, 6.07) is 0. The molecule has 0 amide bonds. The van der Waals surface area contributed by atoms with Crippen LogP contribution in [0.4, 0.5) is 0 Å². The molecule has 0 fully saturated rings. The zero-order chi connectivity index (χ0) is 11.4. The van der Waals surface area contributed by atoms with E-state index in [9.17, 15) is 19.2 Å². The molecule has 80 valence electrons. The summed E-state index contributed by atoms with van der Waals surface area (Å²) >= 11 is 3.14. The van der Waals surface area contributed by atoms with Crippen LogP contribution in [-0.4, -0.2) is 0 Å². The second-order valence-electron chi connectivity index (χ2n) is 2.87. The summed E-state index contributed by atoms with van der Waals surface area (Å²) in [5.74, 6) is 0. The van der Waals surface area contributed by atoms with Crippen molar-refractivity contribution in [2.45, 2.75) is 0 Å². The molecule has 16 heavy (non-hydrogen) atoms. The molecule has 3 heterocycles. The molecule has 0 aromatic carbocycles. The van der Waals surface area contributed by atoms with Crippen LogP contribution in [0.25, 0.3) is 18.8 Å². The van der Waals surface area contributed by atoms with Crippen LogP contribution in [0.3, 0.4) is 0 Å². The lowest BCUT2D eigenvalue weighted by molar-refractivity contribution is 2.08. The predicted molar refractivity (Wildman–Crippen MR) is 69.2 cm³/mol. The van der Waals surface area contributed by atoms with Gasteiger partial charge >= 0.3 is 0 Å². The molecule has 3 rings (SSSR count). The van der Waals surface area contributed by atoms with Gasteiger partial charge in [0.15, 0.2) is 0 Å². The Morgan fingerprint density at radius 1 is 0.438 bits per heavy atom. The van der Waals surface area contributed by atoms with Crippen LogP contribution in [0.15, 0.2) is 19.2 Å². The van der Waals surface area contributed by atoms with Gasteiger partial charge < -0.3 is 0 Å². The van der Waals surface area contributed by atoms with Crippen LogP contribution >= 0.6 is 45.3 Å². The summed E-state index contributed by atoms with van der Waals surface area (Å²) in [5.41, 5.74) is 0. The van der Waals surface area contributed by atoms with Crippen LogP contribution in [-0.2, 0) is 0 Å². The summed E-state index contributed by atoms with van der Waals surface area (Å²) in [7, 11) is 0. The van der Waals surface area contributed by atoms with Crippen molar-refractivity contribution in [1.82, 2.24) is 0 Å². The topological polar surface area (TPSA) is 68.3 Å². The fourth-order valence-electron chi connectivity index (χ4n) is 1.28. The fourth-order valence-corrected chi connectivity index (χ4v) is 5.64. The SMILES string of the molecule is O=c1sc(=O)c2sc3c(=O)sc(=O)c3sc12. The monoisotopic (exact) mass is 288 g/mol. The molecule has 0 saturated heterocycles. The van der Waals surface area contributed by atoms with Gasteiger partial charge in [-0.05, 0) is 22.7 Å². The minimum atomic E-state index is -0.332. The maximum Gasteiger partial charge on any atom is 0.254 e. The number of hydrogen-bond donors (Lipinski definition) is 0. The molecule has 0 radical (unpaired) electrons. The molecule has 3 aromatic rings. The number of thiophene rings is 2. The van der Waals surface area contributed by atoms with Crippen molar-refractivity contribution in [3.63, 3.8) is 0 Å². The summed E-state index contributed by atoms with van der Waals surface area (Å²) < 4.78 is -0.153.